The van der Waals surface area contributed by atoms with E-state index in [9.17, 15) is 0 Å². The molecule has 0 atom stereocenters. The summed E-state index contributed by atoms with van der Waals surface area (Å²) in [6, 6.07) is 0. The van der Waals surface area contributed by atoms with Gasteiger partial charge in [0.15, 0.2) is 0 Å². The Morgan fingerprint density at radius 1 is 1.17 bits per heavy atom. The quantitative estimate of drug-likeness (QED) is 0.376. The summed E-state index contributed by atoms with van der Waals surface area (Å²) < 4.78 is 0. The number of hydrazine groups is 1. The van der Waals surface area contributed by atoms with Gasteiger partial charge in [0.1, 0.15) is 0 Å². The molecule has 68 valence electrons. The summed E-state index contributed by atoms with van der Waals surface area (Å²) in [5.41, 5.74) is 8.72. The van der Waals surface area contributed by atoms with E-state index in [0.717, 1.165) is 16.8 Å². The maximum absolute atomic E-state index is 5.76. The second-order valence-electron chi connectivity index (χ2n) is 2.93. The summed E-state index contributed by atoms with van der Waals surface area (Å²) in [6.45, 7) is 11.2. The van der Waals surface area contributed by atoms with Gasteiger partial charge in [0.05, 0.1) is 11.4 Å². The van der Waals surface area contributed by atoms with Crippen molar-refractivity contribution in [1.29, 1.82) is 0 Å². The maximum atomic E-state index is 5.76. The predicted molar refractivity (Wildman–Crippen MR) is 52.8 cm³/mol. The molecule has 4 N–H and O–H groups in total. The van der Waals surface area contributed by atoms with Crippen molar-refractivity contribution in [3.05, 3.63) is 35.7 Å². The first-order chi connectivity index (χ1) is 5.37. The van der Waals surface area contributed by atoms with E-state index >= 15 is 0 Å². The standard InChI is InChI=1S/C9H17N3/c1-6(2)8(10)9(7(3)4)12(5)11/h1,3,10-11H2,2,4-5H3/b9-8-. The van der Waals surface area contributed by atoms with Gasteiger partial charge >= 0.3 is 0 Å². The van der Waals surface area contributed by atoms with Crippen molar-refractivity contribution in [2.24, 2.45) is 11.6 Å². The summed E-state index contributed by atoms with van der Waals surface area (Å²) in [5, 5.41) is 1.45. The molecule has 3 heteroatoms. The highest BCUT2D eigenvalue weighted by atomic mass is 15.4. The van der Waals surface area contributed by atoms with Gasteiger partial charge in [-0.15, -0.1) is 0 Å². The average Bonchev–Trinajstić information content (AvgIpc) is 1.85. The Labute approximate surface area is 74.0 Å². The van der Waals surface area contributed by atoms with Gasteiger partial charge in [-0.25, -0.2) is 5.84 Å². The van der Waals surface area contributed by atoms with Crippen molar-refractivity contribution in [3.63, 3.8) is 0 Å². The lowest BCUT2D eigenvalue weighted by Gasteiger charge is -2.19. The van der Waals surface area contributed by atoms with Crippen molar-refractivity contribution < 1.29 is 0 Å². The fraction of sp³-hybridized carbons (Fsp3) is 0.333. The molecule has 0 bridgehead atoms. The van der Waals surface area contributed by atoms with Gasteiger partial charge in [-0.05, 0) is 25.0 Å². The van der Waals surface area contributed by atoms with Crippen LogP contribution in [0.15, 0.2) is 35.7 Å². The van der Waals surface area contributed by atoms with Crippen LogP contribution in [0.4, 0.5) is 0 Å². The lowest BCUT2D eigenvalue weighted by atomic mass is 10.1. The summed E-state index contributed by atoms with van der Waals surface area (Å²) in [4.78, 5) is 0. The number of allylic oxidation sites excluding steroid dienone is 2. The Balaban J connectivity index is 5.08. The zero-order chi connectivity index (χ0) is 9.89. The minimum atomic E-state index is 0.590. The Kier molecular flexibility index (Phi) is 3.57. The van der Waals surface area contributed by atoms with Crippen molar-refractivity contribution in [2.45, 2.75) is 13.8 Å². The SMILES string of the molecule is C=C(C)/C(N)=C(\C(=C)C)N(C)N. The van der Waals surface area contributed by atoms with Gasteiger partial charge in [-0.2, -0.15) is 0 Å². The lowest BCUT2D eigenvalue weighted by Crippen LogP contribution is -2.28. The van der Waals surface area contributed by atoms with Crippen LogP contribution in [0.3, 0.4) is 0 Å². The van der Waals surface area contributed by atoms with Crippen LogP contribution in [0.2, 0.25) is 0 Å². The fourth-order valence-electron chi connectivity index (χ4n) is 0.923. The van der Waals surface area contributed by atoms with Crippen molar-refractivity contribution >= 4 is 0 Å². The van der Waals surface area contributed by atoms with E-state index in [0.29, 0.717) is 5.70 Å². The minimum Gasteiger partial charge on any atom is -0.397 e. The first-order valence-corrected chi connectivity index (χ1v) is 3.67. The topological polar surface area (TPSA) is 55.3 Å². The highest BCUT2D eigenvalue weighted by Gasteiger charge is 2.07. The van der Waals surface area contributed by atoms with Crippen LogP contribution < -0.4 is 11.6 Å². The molecule has 0 amide bonds. The molecule has 0 heterocycles. The van der Waals surface area contributed by atoms with Crippen LogP contribution in [0.25, 0.3) is 0 Å². The molecule has 0 aromatic rings. The molecule has 0 unspecified atom stereocenters. The molecule has 12 heavy (non-hydrogen) atoms. The van der Waals surface area contributed by atoms with Crippen molar-refractivity contribution in [2.75, 3.05) is 7.05 Å². The molecule has 0 saturated heterocycles. The van der Waals surface area contributed by atoms with Gasteiger partial charge in [-0.1, -0.05) is 13.2 Å². The zero-order valence-electron chi connectivity index (χ0n) is 8.02. The summed E-state index contributed by atoms with van der Waals surface area (Å²) >= 11 is 0. The Bertz CT molecular complexity index is 236. The molecule has 3 nitrogen and oxygen atoms in total. The first-order valence-electron chi connectivity index (χ1n) is 3.67. The first kappa shape index (κ1) is 10.8. The third kappa shape index (κ3) is 2.43. The molecule has 0 saturated carbocycles. The summed E-state index contributed by atoms with van der Waals surface area (Å²) in [6.07, 6.45) is 0. The predicted octanol–water partition coefficient (Wildman–Crippen LogP) is 1.11. The van der Waals surface area contributed by atoms with Crippen molar-refractivity contribution in [3.8, 4) is 0 Å². The summed E-state index contributed by atoms with van der Waals surface area (Å²) in [7, 11) is 1.72. The molecular formula is C9H17N3. The number of nitrogens with zero attached hydrogens (tertiary/aromatic N) is 1. The van der Waals surface area contributed by atoms with Crippen LogP contribution in [0.1, 0.15) is 13.8 Å². The molecule has 0 aromatic carbocycles. The normalized spacial score (nSPS) is 12.0. The zero-order valence-corrected chi connectivity index (χ0v) is 8.02. The van der Waals surface area contributed by atoms with Gasteiger partial charge in [0.25, 0.3) is 0 Å². The van der Waals surface area contributed by atoms with E-state index in [1.165, 1.54) is 5.01 Å². The number of hydrogen-bond donors (Lipinski definition) is 2. The largest absolute Gasteiger partial charge is 0.397 e. The molecule has 0 aliphatic rings. The Morgan fingerprint density at radius 3 is 1.67 bits per heavy atom. The van der Waals surface area contributed by atoms with Gasteiger partial charge in [-0.3, -0.25) is 0 Å². The number of hydrogen-bond acceptors (Lipinski definition) is 3. The molecular weight excluding hydrogens is 150 g/mol. The second kappa shape index (κ2) is 3.97. The molecule has 0 spiro atoms. The Hall–Kier alpha value is -1.22. The second-order valence-corrected chi connectivity index (χ2v) is 2.93. The van der Waals surface area contributed by atoms with E-state index in [1.54, 1.807) is 7.05 Å². The third-order valence-corrected chi connectivity index (χ3v) is 1.47. The van der Waals surface area contributed by atoms with E-state index in [1.807, 2.05) is 13.8 Å². The minimum absolute atomic E-state index is 0.590. The van der Waals surface area contributed by atoms with E-state index in [2.05, 4.69) is 13.2 Å². The third-order valence-electron chi connectivity index (χ3n) is 1.47. The fourth-order valence-corrected chi connectivity index (χ4v) is 0.923. The molecule has 0 aliphatic heterocycles. The summed E-state index contributed by atoms with van der Waals surface area (Å²) in [5.74, 6) is 5.57. The number of nitrogens with two attached hydrogens (primary N) is 2. The lowest BCUT2D eigenvalue weighted by molar-refractivity contribution is 0.444. The highest BCUT2D eigenvalue weighted by Crippen LogP contribution is 2.14. The van der Waals surface area contributed by atoms with Crippen LogP contribution in [-0.4, -0.2) is 12.1 Å². The van der Waals surface area contributed by atoms with Gasteiger partial charge in [0, 0.05) is 7.05 Å². The molecule has 0 aliphatic carbocycles. The molecule has 0 aromatic heterocycles. The maximum Gasteiger partial charge on any atom is 0.0769 e. The Morgan fingerprint density at radius 2 is 1.58 bits per heavy atom. The number of likely N-dealkylation sites (N-methyl/N-ethyl adjacent to an activating group) is 1. The van der Waals surface area contributed by atoms with Crippen LogP contribution in [0.5, 0.6) is 0 Å². The highest BCUT2D eigenvalue weighted by molar-refractivity contribution is 5.37. The smallest absolute Gasteiger partial charge is 0.0769 e. The van der Waals surface area contributed by atoms with E-state index < -0.39 is 0 Å². The number of rotatable bonds is 3. The van der Waals surface area contributed by atoms with Crippen LogP contribution in [-0.2, 0) is 0 Å². The molecule has 0 radical (unpaired) electrons. The van der Waals surface area contributed by atoms with Gasteiger partial charge < -0.3 is 10.7 Å². The molecule has 0 fully saturated rings. The van der Waals surface area contributed by atoms with E-state index in [4.69, 9.17) is 11.6 Å². The molecule has 0 rings (SSSR count). The van der Waals surface area contributed by atoms with Crippen LogP contribution in [0, 0.1) is 0 Å². The van der Waals surface area contributed by atoms with E-state index in [-0.39, 0.29) is 0 Å². The van der Waals surface area contributed by atoms with Gasteiger partial charge in [0.2, 0.25) is 0 Å². The van der Waals surface area contributed by atoms with Crippen molar-refractivity contribution in [1.82, 2.24) is 5.01 Å². The average molecular weight is 167 g/mol. The monoisotopic (exact) mass is 167 g/mol. The van der Waals surface area contributed by atoms with Crippen LogP contribution >= 0.6 is 0 Å².